The lowest BCUT2D eigenvalue weighted by Crippen LogP contribution is -2.06. The number of anilines is 3. The SMILES string of the molecule is C=CC(=O)Nc1cccc(-c2ccc3cnc(Nc4ccccc4)nc3c2)c1. The molecule has 1 heterocycles. The van der Waals surface area contributed by atoms with Crippen molar-refractivity contribution < 1.29 is 4.79 Å². The highest BCUT2D eigenvalue weighted by molar-refractivity contribution is 5.99. The maximum atomic E-state index is 11.5. The molecule has 0 aliphatic heterocycles. The van der Waals surface area contributed by atoms with E-state index in [1.807, 2.05) is 72.8 Å². The number of fused-ring (bicyclic) bond motifs is 1. The standard InChI is InChI=1S/C23H18N4O/c1-2-22(28)25-20-10-6-7-16(13-20)17-11-12-18-15-24-23(27-21(18)14-17)26-19-8-4-3-5-9-19/h2-15H,1H2,(H,25,28)(H,24,26,27). The Kier molecular flexibility index (Phi) is 4.80. The van der Waals surface area contributed by atoms with Crippen molar-refractivity contribution in [1.29, 1.82) is 0 Å². The normalized spacial score (nSPS) is 10.4. The summed E-state index contributed by atoms with van der Waals surface area (Å²) in [6, 6.07) is 23.5. The first-order valence-electron chi connectivity index (χ1n) is 8.84. The van der Waals surface area contributed by atoms with Gasteiger partial charge >= 0.3 is 0 Å². The van der Waals surface area contributed by atoms with Gasteiger partial charge in [-0.25, -0.2) is 9.97 Å². The van der Waals surface area contributed by atoms with Gasteiger partial charge in [-0.15, -0.1) is 0 Å². The number of hydrogen-bond acceptors (Lipinski definition) is 4. The number of hydrogen-bond donors (Lipinski definition) is 2. The lowest BCUT2D eigenvalue weighted by Gasteiger charge is -2.08. The highest BCUT2D eigenvalue weighted by atomic mass is 16.1. The van der Waals surface area contributed by atoms with Crippen LogP contribution < -0.4 is 10.6 Å². The van der Waals surface area contributed by atoms with Crippen LogP contribution in [-0.4, -0.2) is 15.9 Å². The first-order chi connectivity index (χ1) is 13.7. The number of aromatic nitrogens is 2. The smallest absolute Gasteiger partial charge is 0.247 e. The zero-order valence-electron chi connectivity index (χ0n) is 15.1. The molecule has 0 aliphatic carbocycles. The fourth-order valence-corrected chi connectivity index (χ4v) is 2.88. The van der Waals surface area contributed by atoms with Crippen LogP contribution in [0.5, 0.6) is 0 Å². The molecule has 5 nitrogen and oxygen atoms in total. The lowest BCUT2D eigenvalue weighted by atomic mass is 10.0. The molecule has 4 rings (SSSR count). The third kappa shape index (κ3) is 3.88. The van der Waals surface area contributed by atoms with Gasteiger partial charge in [-0.1, -0.05) is 49.0 Å². The van der Waals surface area contributed by atoms with E-state index >= 15 is 0 Å². The van der Waals surface area contributed by atoms with Gasteiger partial charge in [0.15, 0.2) is 0 Å². The summed E-state index contributed by atoms with van der Waals surface area (Å²) in [7, 11) is 0. The number of amides is 1. The van der Waals surface area contributed by atoms with Crippen LogP contribution in [0.2, 0.25) is 0 Å². The van der Waals surface area contributed by atoms with E-state index in [1.165, 1.54) is 6.08 Å². The summed E-state index contributed by atoms with van der Waals surface area (Å²) < 4.78 is 0. The van der Waals surface area contributed by atoms with E-state index in [2.05, 4.69) is 27.2 Å². The van der Waals surface area contributed by atoms with Crippen LogP contribution in [0.3, 0.4) is 0 Å². The molecule has 28 heavy (non-hydrogen) atoms. The molecule has 4 aromatic rings. The van der Waals surface area contributed by atoms with E-state index in [0.717, 1.165) is 33.4 Å². The van der Waals surface area contributed by atoms with Crippen molar-refractivity contribution in [3.8, 4) is 11.1 Å². The zero-order chi connectivity index (χ0) is 19.3. The first kappa shape index (κ1) is 17.4. The van der Waals surface area contributed by atoms with Crippen LogP contribution in [0.1, 0.15) is 0 Å². The minimum atomic E-state index is -0.236. The summed E-state index contributed by atoms with van der Waals surface area (Å²) in [5, 5.41) is 6.95. The Morgan fingerprint density at radius 3 is 2.50 bits per heavy atom. The van der Waals surface area contributed by atoms with E-state index in [-0.39, 0.29) is 5.91 Å². The molecule has 0 saturated carbocycles. The molecular weight excluding hydrogens is 348 g/mol. The summed E-state index contributed by atoms with van der Waals surface area (Å²) in [5.41, 5.74) is 4.48. The summed E-state index contributed by atoms with van der Waals surface area (Å²) in [6.07, 6.45) is 3.05. The highest BCUT2D eigenvalue weighted by Gasteiger charge is 2.05. The Morgan fingerprint density at radius 2 is 1.68 bits per heavy atom. The van der Waals surface area contributed by atoms with Crippen molar-refractivity contribution >= 4 is 34.1 Å². The van der Waals surface area contributed by atoms with Crippen molar-refractivity contribution in [3.63, 3.8) is 0 Å². The van der Waals surface area contributed by atoms with Gasteiger partial charge in [-0.2, -0.15) is 0 Å². The number of nitrogens with zero attached hydrogens (tertiary/aromatic N) is 2. The van der Waals surface area contributed by atoms with Gasteiger partial charge in [0, 0.05) is 23.0 Å². The van der Waals surface area contributed by atoms with Gasteiger partial charge in [0.05, 0.1) is 5.52 Å². The second-order valence-corrected chi connectivity index (χ2v) is 6.23. The van der Waals surface area contributed by atoms with Crippen LogP contribution in [0.15, 0.2) is 91.6 Å². The maximum absolute atomic E-state index is 11.5. The van der Waals surface area contributed by atoms with Crippen LogP contribution in [0.25, 0.3) is 22.0 Å². The fourth-order valence-electron chi connectivity index (χ4n) is 2.88. The summed E-state index contributed by atoms with van der Waals surface area (Å²) in [5.74, 6) is 0.308. The van der Waals surface area contributed by atoms with Crippen molar-refractivity contribution in [3.05, 3.63) is 91.6 Å². The van der Waals surface area contributed by atoms with E-state index in [0.29, 0.717) is 5.95 Å². The quantitative estimate of drug-likeness (QED) is 0.479. The summed E-state index contributed by atoms with van der Waals surface area (Å²) in [4.78, 5) is 20.6. The van der Waals surface area contributed by atoms with Crippen LogP contribution in [0.4, 0.5) is 17.3 Å². The Morgan fingerprint density at radius 1 is 0.893 bits per heavy atom. The van der Waals surface area contributed by atoms with Crippen molar-refractivity contribution in [1.82, 2.24) is 9.97 Å². The van der Waals surface area contributed by atoms with Gasteiger partial charge < -0.3 is 10.6 Å². The number of carbonyl (C=O) groups excluding carboxylic acids is 1. The molecule has 2 N–H and O–H groups in total. The predicted octanol–water partition coefficient (Wildman–Crippen LogP) is 5.16. The number of nitrogens with one attached hydrogen (secondary N) is 2. The average molecular weight is 366 g/mol. The van der Waals surface area contributed by atoms with Crippen molar-refractivity contribution in [2.24, 2.45) is 0 Å². The molecule has 0 spiro atoms. The minimum Gasteiger partial charge on any atom is -0.324 e. The number of para-hydroxylation sites is 1. The van der Waals surface area contributed by atoms with E-state index in [4.69, 9.17) is 0 Å². The molecule has 0 fully saturated rings. The fraction of sp³-hybridized carbons (Fsp3) is 0. The van der Waals surface area contributed by atoms with E-state index < -0.39 is 0 Å². The summed E-state index contributed by atoms with van der Waals surface area (Å²) in [6.45, 7) is 3.48. The Labute approximate surface area is 162 Å². The molecule has 0 atom stereocenters. The van der Waals surface area contributed by atoms with Gasteiger partial charge in [0.1, 0.15) is 0 Å². The second-order valence-electron chi connectivity index (χ2n) is 6.23. The molecule has 0 bridgehead atoms. The largest absolute Gasteiger partial charge is 0.324 e. The number of rotatable bonds is 5. The lowest BCUT2D eigenvalue weighted by molar-refractivity contribution is -0.111. The van der Waals surface area contributed by atoms with Gasteiger partial charge in [0.2, 0.25) is 11.9 Å². The van der Waals surface area contributed by atoms with Gasteiger partial charge in [-0.3, -0.25) is 4.79 Å². The van der Waals surface area contributed by atoms with Gasteiger partial charge in [0.25, 0.3) is 0 Å². The number of carbonyl (C=O) groups is 1. The molecular formula is C23H18N4O. The zero-order valence-corrected chi connectivity index (χ0v) is 15.1. The second kappa shape index (κ2) is 7.72. The van der Waals surface area contributed by atoms with E-state index in [9.17, 15) is 4.79 Å². The molecule has 0 radical (unpaired) electrons. The maximum Gasteiger partial charge on any atom is 0.247 e. The number of benzene rings is 3. The Hall–Kier alpha value is -3.99. The monoisotopic (exact) mass is 366 g/mol. The minimum absolute atomic E-state index is 0.236. The van der Waals surface area contributed by atoms with Crippen molar-refractivity contribution in [2.75, 3.05) is 10.6 Å². The topological polar surface area (TPSA) is 66.9 Å². The molecule has 3 aromatic carbocycles. The Balaban J connectivity index is 1.66. The molecule has 0 unspecified atom stereocenters. The molecule has 0 aliphatic rings. The first-order valence-corrected chi connectivity index (χ1v) is 8.84. The molecule has 1 amide bonds. The molecule has 136 valence electrons. The predicted molar refractivity (Wildman–Crippen MR) is 114 cm³/mol. The third-order valence-electron chi connectivity index (χ3n) is 4.26. The van der Waals surface area contributed by atoms with Gasteiger partial charge in [-0.05, 0) is 47.5 Å². The van der Waals surface area contributed by atoms with Crippen LogP contribution >= 0.6 is 0 Å². The van der Waals surface area contributed by atoms with Crippen molar-refractivity contribution in [2.45, 2.75) is 0 Å². The average Bonchev–Trinajstić information content (AvgIpc) is 2.74. The highest BCUT2D eigenvalue weighted by Crippen LogP contribution is 2.26. The van der Waals surface area contributed by atoms with Crippen LogP contribution in [0, 0.1) is 0 Å². The van der Waals surface area contributed by atoms with Crippen LogP contribution in [-0.2, 0) is 4.79 Å². The third-order valence-corrected chi connectivity index (χ3v) is 4.26. The molecule has 5 heteroatoms. The summed E-state index contributed by atoms with van der Waals surface area (Å²) >= 11 is 0. The Bertz CT molecular complexity index is 1160. The van der Waals surface area contributed by atoms with E-state index in [1.54, 1.807) is 6.20 Å². The molecule has 0 saturated heterocycles. The molecule has 1 aromatic heterocycles.